The van der Waals surface area contributed by atoms with Crippen LogP contribution in [0.2, 0.25) is 0 Å². The lowest BCUT2D eigenvalue weighted by molar-refractivity contribution is 0.0575. The Balaban J connectivity index is 1.80. The first-order chi connectivity index (χ1) is 11.6. The maximum Gasteiger partial charge on any atom is 0.322 e. The molecule has 0 spiro atoms. The number of urea groups is 1. The Kier molecular flexibility index (Phi) is 4.77. The van der Waals surface area contributed by atoms with Gasteiger partial charge in [-0.05, 0) is 18.6 Å². The largest absolute Gasteiger partial charge is 0.389 e. The van der Waals surface area contributed by atoms with Gasteiger partial charge in [-0.25, -0.2) is 4.79 Å². The number of anilines is 1. The lowest BCUT2D eigenvalue weighted by Gasteiger charge is -2.22. The van der Waals surface area contributed by atoms with E-state index in [-0.39, 0.29) is 19.2 Å². The zero-order valence-electron chi connectivity index (χ0n) is 13.8. The van der Waals surface area contributed by atoms with Crippen LogP contribution in [0.3, 0.4) is 0 Å². The van der Waals surface area contributed by atoms with Gasteiger partial charge >= 0.3 is 6.03 Å². The van der Waals surface area contributed by atoms with Gasteiger partial charge in [-0.2, -0.15) is 0 Å². The average molecular weight is 331 g/mol. The fourth-order valence-electron chi connectivity index (χ4n) is 2.71. The number of β-amino-alcohol motifs (C(OH)–C–C–N with tert-alkyl or cyclic N) is 1. The minimum absolute atomic E-state index is 0.252. The third kappa shape index (κ3) is 3.39. The lowest BCUT2D eigenvalue weighted by Crippen LogP contribution is -2.40. The molecule has 3 rings (SSSR count). The Labute approximate surface area is 140 Å². The number of aromatic nitrogens is 3. The monoisotopic (exact) mass is 331 g/mol. The number of hydrogen-bond donors (Lipinski definition) is 2. The van der Waals surface area contributed by atoms with Gasteiger partial charge in [-0.15, -0.1) is 10.2 Å². The first-order valence-electron chi connectivity index (χ1n) is 7.82. The van der Waals surface area contributed by atoms with E-state index in [4.69, 9.17) is 4.74 Å². The maximum atomic E-state index is 12.5. The highest BCUT2D eigenvalue weighted by atomic mass is 16.5. The minimum Gasteiger partial charge on any atom is -0.389 e. The number of carbonyl (C=O) groups is 1. The molecule has 2 amide bonds. The highest BCUT2D eigenvalue weighted by molar-refractivity contribution is 5.91. The number of benzene rings is 1. The van der Waals surface area contributed by atoms with Crippen molar-refractivity contribution in [2.75, 3.05) is 31.6 Å². The summed E-state index contributed by atoms with van der Waals surface area (Å²) in [6.45, 7) is 3.31. The zero-order valence-corrected chi connectivity index (χ0v) is 13.8. The van der Waals surface area contributed by atoms with Crippen molar-refractivity contribution in [2.24, 2.45) is 7.05 Å². The van der Waals surface area contributed by atoms with Gasteiger partial charge < -0.3 is 24.6 Å². The van der Waals surface area contributed by atoms with Crippen LogP contribution in [-0.4, -0.2) is 63.2 Å². The van der Waals surface area contributed by atoms with E-state index in [1.807, 2.05) is 36.7 Å². The van der Waals surface area contributed by atoms with Crippen LogP contribution >= 0.6 is 0 Å². The van der Waals surface area contributed by atoms with E-state index in [2.05, 4.69) is 15.5 Å². The van der Waals surface area contributed by atoms with Crippen molar-refractivity contribution in [2.45, 2.75) is 13.0 Å². The second kappa shape index (κ2) is 6.98. The summed E-state index contributed by atoms with van der Waals surface area (Å²) < 4.78 is 7.08. The number of nitrogens with one attached hydrogen (secondary N) is 1. The van der Waals surface area contributed by atoms with E-state index in [9.17, 15) is 9.90 Å². The summed E-state index contributed by atoms with van der Waals surface area (Å²) in [7, 11) is 1.87. The number of rotatable bonds is 2. The highest BCUT2D eigenvalue weighted by Gasteiger charge is 2.21. The van der Waals surface area contributed by atoms with E-state index >= 15 is 0 Å². The molecule has 1 aliphatic rings. The Morgan fingerprint density at radius 2 is 2.29 bits per heavy atom. The van der Waals surface area contributed by atoms with Crippen LogP contribution in [0.5, 0.6) is 0 Å². The van der Waals surface area contributed by atoms with Crippen molar-refractivity contribution in [3.05, 3.63) is 30.1 Å². The number of aryl methyl sites for hydroxylation is 1. The van der Waals surface area contributed by atoms with Crippen molar-refractivity contribution >= 4 is 11.7 Å². The van der Waals surface area contributed by atoms with E-state index in [0.717, 1.165) is 17.0 Å². The number of nitrogens with zero attached hydrogens (tertiary/aromatic N) is 4. The van der Waals surface area contributed by atoms with Gasteiger partial charge in [0.05, 0.1) is 25.9 Å². The summed E-state index contributed by atoms with van der Waals surface area (Å²) in [5, 5.41) is 20.7. The number of aliphatic hydroxyl groups excluding tert-OH is 1. The molecule has 2 N–H and O–H groups in total. The van der Waals surface area contributed by atoms with Gasteiger partial charge in [-0.1, -0.05) is 12.1 Å². The van der Waals surface area contributed by atoms with Crippen LogP contribution in [-0.2, 0) is 11.8 Å². The van der Waals surface area contributed by atoms with Crippen molar-refractivity contribution < 1.29 is 14.6 Å². The van der Waals surface area contributed by atoms with E-state index in [1.54, 1.807) is 11.2 Å². The van der Waals surface area contributed by atoms with Crippen molar-refractivity contribution in [3.63, 3.8) is 0 Å². The fraction of sp³-hybridized carbons (Fsp3) is 0.438. The normalized spacial score (nSPS) is 18.3. The van der Waals surface area contributed by atoms with Crippen LogP contribution in [0.4, 0.5) is 10.5 Å². The van der Waals surface area contributed by atoms with Gasteiger partial charge in [0.15, 0.2) is 5.82 Å². The van der Waals surface area contributed by atoms with Gasteiger partial charge in [0.1, 0.15) is 6.33 Å². The smallest absolute Gasteiger partial charge is 0.322 e. The Morgan fingerprint density at radius 3 is 3.04 bits per heavy atom. The molecule has 2 aromatic rings. The quantitative estimate of drug-likeness (QED) is 0.857. The molecule has 1 aromatic heterocycles. The molecule has 24 heavy (non-hydrogen) atoms. The lowest BCUT2D eigenvalue weighted by atomic mass is 10.1. The maximum absolute atomic E-state index is 12.5. The molecule has 2 heterocycles. The molecule has 0 saturated carbocycles. The van der Waals surface area contributed by atoms with Crippen molar-refractivity contribution in [1.82, 2.24) is 19.7 Å². The first kappa shape index (κ1) is 16.4. The summed E-state index contributed by atoms with van der Waals surface area (Å²) >= 11 is 0. The summed E-state index contributed by atoms with van der Waals surface area (Å²) in [5.41, 5.74) is 2.53. The van der Waals surface area contributed by atoms with Crippen LogP contribution in [0.25, 0.3) is 11.4 Å². The van der Waals surface area contributed by atoms with Crippen LogP contribution in [0, 0.1) is 6.92 Å². The number of amides is 2. The summed E-state index contributed by atoms with van der Waals surface area (Å²) in [4.78, 5) is 14.1. The molecule has 1 saturated heterocycles. The molecule has 128 valence electrons. The standard InChI is InChI=1S/C16H21N5O3/c1-11-13(15-19-17-10-20(15)2)4-3-5-14(11)18-16(23)21-6-7-24-9-12(22)8-21/h3-5,10,12,22H,6-9H2,1-2H3,(H,18,23)/t12-/m1/s1. The van der Waals surface area contributed by atoms with E-state index < -0.39 is 6.10 Å². The molecule has 8 heteroatoms. The predicted molar refractivity (Wildman–Crippen MR) is 88.6 cm³/mol. The summed E-state index contributed by atoms with van der Waals surface area (Å²) in [6.07, 6.45) is 0.975. The van der Waals surface area contributed by atoms with Gasteiger partial charge in [0.2, 0.25) is 0 Å². The Morgan fingerprint density at radius 1 is 1.46 bits per heavy atom. The average Bonchev–Trinajstić information content (AvgIpc) is 2.85. The minimum atomic E-state index is -0.663. The van der Waals surface area contributed by atoms with Gasteiger partial charge in [0, 0.05) is 24.8 Å². The molecule has 0 bridgehead atoms. The molecular formula is C16H21N5O3. The van der Waals surface area contributed by atoms with Crippen molar-refractivity contribution in [1.29, 1.82) is 0 Å². The second-order valence-corrected chi connectivity index (χ2v) is 5.85. The molecule has 1 aliphatic heterocycles. The molecule has 1 aromatic carbocycles. The molecule has 0 aliphatic carbocycles. The molecular weight excluding hydrogens is 310 g/mol. The number of carbonyl (C=O) groups excluding carboxylic acids is 1. The Hall–Kier alpha value is -2.45. The van der Waals surface area contributed by atoms with E-state index in [0.29, 0.717) is 18.8 Å². The molecule has 1 atom stereocenters. The SMILES string of the molecule is Cc1c(NC(=O)N2CCOC[C@H](O)C2)cccc1-c1nncn1C. The number of hydrogen-bond acceptors (Lipinski definition) is 5. The summed E-state index contributed by atoms with van der Waals surface area (Å²) in [6, 6.07) is 5.40. The third-order valence-electron chi connectivity index (χ3n) is 4.06. The first-order valence-corrected chi connectivity index (χ1v) is 7.82. The zero-order chi connectivity index (χ0) is 17.1. The van der Waals surface area contributed by atoms with Crippen molar-refractivity contribution in [3.8, 4) is 11.4 Å². The molecule has 0 unspecified atom stereocenters. The fourth-order valence-corrected chi connectivity index (χ4v) is 2.71. The Bertz CT molecular complexity index is 730. The third-order valence-corrected chi connectivity index (χ3v) is 4.06. The van der Waals surface area contributed by atoms with Crippen LogP contribution < -0.4 is 5.32 Å². The topological polar surface area (TPSA) is 92.5 Å². The number of aliphatic hydroxyl groups is 1. The van der Waals surface area contributed by atoms with Crippen LogP contribution in [0.1, 0.15) is 5.56 Å². The molecule has 0 radical (unpaired) electrons. The van der Waals surface area contributed by atoms with E-state index in [1.165, 1.54) is 0 Å². The summed E-state index contributed by atoms with van der Waals surface area (Å²) in [5.74, 6) is 0.738. The molecule has 1 fully saturated rings. The second-order valence-electron chi connectivity index (χ2n) is 5.85. The van der Waals surface area contributed by atoms with Gasteiger partial charge in [-0.3, -0.25) is 0 Å². The molecule has 8 nitrogen and oxygen atoms in total. The highest BCUT2D eigenvalue weighted by Crippen LogP contribution is 2.27. The number of ether oxygens (including phenoxy) is 1. The predicted octanol–water partition coefficient (Wildman–Crippen LogP) is 1.02. The van der Waals surface area contributed by atoms with Crippen LogP contribution in [0.15, 0.2) is 24.5 Å². The van der Waals surface area contributed by atoms with Gasteiger partial charge in [0.25, 0.3) is 0 Å².